The highest BCUT2D eigenvalue weighted by Gasteiger charge is 2.10. The van der Waals surface area contributed by atoms with Crippen molar-refractivity contribution in [3.8, 4) is 11.5 Å². The Morgan fingerprint density at radius 3 is 2.40 bits per heavy atom. The van der Waals surface area contributed by atoms with Crippen molar-refractivity contribution < 1.29 is 4.74 Å². The maximum Gasteiger partial charge on any atom is 0.127 e. The summed E-state index contributed by atoms with van der Waals surface area (Å²) in [5.74, 6) is 1.64. The average molecular weight is 271 g/mol. The van der Waals surface area contributed by atoms with Crippen molar-refractivity contribution in [1.82, 2.24) is 10.4 Å². The SMILES string of the molecule is CN(C)NC(CN)c1cccc(Oc2ccccc2)c1. The highest BCUT2D eigenvalue weighted by molar-refractivity contribution is 5.35. The first kappa shape index (κ1) is 14.5. The van der Waals surface area contributed by atoms with Gasteiger partial charge in [-0.2, -0.15) is 0 Å². The molecule has 1 unspecified atom stereocenters. The number of hydrazine groups is 1. The Bertz CT molecular complexity index is 528. The van der Waals surface area contributed by atoms with E-state index in [-0.39, 0.29) is 6.04 Å². The number of nitrogens with two attached hydrogens (primary N) is 1. The maximum atomic E-state index is 5.84. The molecule has 0 saturated carbocycles. The van der Waals surface area contributed by atoms with E-state index in [4.69, 9.17) is 10.5 Å². The van der Waals surface area contributed by atoms with Gasteiger partial charge in [0, 0.05) is 20.6 Å². The second kappa shape index (κ2) is 7.05. The highest BCUT2D eigenvalue weighted by atomic mass is 16.5. The zero-order valence-electron chi connectivity index (χ0n) is 11.9. The van der Waals surface area contributed by atoms with Gasteiger partial charge in [0.1, 0.15) is 11.5 Å². The van der Waals surface area contributed by atoms with Crippen LogP contribution in [0.2, 0.25) is 0 Å². The van der Waals surface area contributed by atoms with Crippen LogP contribution in [0.15, 0.2) is 54.6 Å². The third-order valence-corrected chi connectivity index (χ3v) is 2.89. The molecule has 0 saturated heterocycles. The summed E-state index contributed by atoms with van der Waals surface area (Å²) in [6, 6.07) is 17.8. The van der Waals surface area contributed by atoms with Gasteiger partial charge < -0.3 is 10.5 Å². The van der Waals surface area contributed by atoms with E-state index < -0.39 is 0 Å². The van der Waals surface area contributed by atoms with E-state index in [9.17, 15) is 0 Å². The minimum Gasteiger partial charge on any atom is -0.457 e. The van der Waals surface area contributed by atoms with Crippen LogP contribution in [0.1, 0.15) is 11.6 Å². The van der Waals surface area contributed by atoms with Gasteiger partial charge in [0.05, 0.1) is 6.04 Å². The van der Waals surface area contributed by atoms with Gasteiger partial charge in [-0.3, -0.25) is 0 Å². The largest absolute Gasteiger partial charge is 0.457 e. The fraction of sp³-hybridized carbons (Fsp3) is 0.250. The first-order chi connectivity index (χ1) is 9.69. The van der Waals surface area contributed by atoms with Crippen LogP contribution in [-0.2, 0) is 0 Å². The third-order valence-electron chi connectivity index (χ3n) is 2.89. The van der Waals surface area contributed by atoms with E-state index in [0.29, 0.717) is 6.54 Å². The van der Waals surface area contributed by atoms with Gasteiger partial charge in [-0.25, -0.2) is 10.4 Å². The molecular formula is C16H21N3O. The lowest BCUT2D eigenvalue weighted by molar-refractivity contribution is 0.245. The van der Waals surface area contributed by atoms with Crippen LogP contribution in [0.4, 0.5) is 0 Å². The van der Waals surface area contributed by atoms with Crippen LogP contribution in [0.3, 0.4) is 0 Å². The van der Waals surface area contributed by atoms with Gasteiger partial charge in [-0.05, 0) is 29.8 Å². The first-order valence-electron chi connectivity index (χ1n) is 6.65. The molecule has 106 valence electrons. The van der Waals surface area contributed by atoms with Gasteiger partial charge in [0.2, 0.25) is 0 Å². The Hall–Kier alpha value is -1.88. The van der Waals surface area contributed by atoms with Gasteiger partial charge in [-0.1, -0.05) is 30.3 Å². The molecule has 0 aliphatic carbocycles. The third kappa shape index (κ3) is 4.06. The summed E-state index contributed by atoms with van der Waals surface area (Å²) in [6.07, 6.45) is 0. The van der Waals surface area contributed by atoms with Gasteiger partial charge in [0.25, 0.3) is 0 Å². The Kier molecular flexibility index (Phi) is 5.12. The summed E-state index contributed by atoms with van der Waals surface area (Å²) in [5.41, 5.74) is 10.2. The van der Waals surface area contributed by atoms with Crippen LogP contribution >= 0.6 is 0 Å². The number of hydrogen-bond acceptors (Lipinski definition) is 4. The average Bonchev–Trinajstić information content (AvgIpc) is 2.46. The molecule has 0 spiro atoms. The van der Waals surface area contributed by atoms with E-state index in [1.807, 2.05) is 73.7 Å². The molecule has 0 fully saturated rings. The molecule has 0 radical (unpaired) electrons. The molecule has 0 aliphatic rings. The molecule has 0 aliphatic heterocycles. The minimum atomic E-state index is 0.0734. The number of ether oxygens (including phenoxy) is 1. The molecule has 1 atom stereocenters. The monoisotopic (exact) mass is 271 g/mol. The van der Waals surface area contributed by atoms with Crippen LogP contribution in [-0.4, -0.2) is 25.6 Å². The molecule has 2 aromatic carbocycles. The second-order valence-corrected chi connectivity index (χ2v) is 4.80. The zero-order valence-corrected chi connectivity index (χ0v) is 11.9. The second-order valence-electron chi connectivity index (χ2n) is 4.80. The van der Waals surface area contributed by atoms with E-state index >= 15 is 0 Å². The predicted octanol–water partition coefficient (Wildman–Crippen LogP) is 2.54. The number of hydrogen-bond donors (Lipinski definition) is 2. The van der Waals surface area contributed by atoms with Gasteiger partial charge in [0.15, 0.2) is 0 Å². The molecule has 20 heavy (non-hydrogen) atoms. The first-order valence-corrected chi connectivity index (χ1v) is 6.65. The fourth-order valence-corrected chi connectivity index (χ4v) is 1.99. The van der Waals surface area contributed by atoms with Crippen LogP contribution in [0, 0.1) is 0 Å². The van der Waals surface area contributed by atoms with E-state index in [2.05, 4.69) is 5.43 Å². The Labute approximate surface area is 120 Å². The predicted molar refractivity (Wildman–Crippen MR) is 81.6 cm³/mol. The van der Waals surface area contributed by atoms with Crippen molar-refractivity contribution in [1.29, 1.82) is 0 Å². The lowest BCUT2D eigenvalue weighted by Gasteiger charge is -2.22. The fourth-order valence-electron chi connectivity index (χ4n) is 1.99. The lowest BCUT2D eigenvalue weighted by Crippen LogP contribution is -2.37. The van der Waals surface area contributed by atoms with E-state index in [1.165, 1.54) is 0 Å². The van der Waals surface area contributed by atoms with Crippen molar-refractivity contribution in [3.05, 3.63) is 60.2 Å². The molecule has 0 bridgehead atoms. The molecule has 4 heteroatoms. The summed E-state index contributed by atoms with van der Waals surface area (Å²) >= 11 is 0. The molecule has 4 nitrogen and oxygen atoms in total. The maximum absolute atomic E-state index is 5.84. The molecule has 0 heterocycles. The molecular weight excluding hydrogens is 250 g/mol. The summed E-state index contributed by atoms with van der Waals surface area (Å²) in [7, 11) is 3.90. The van der Waals surface area contributed by atoms with Crippen molar-refractivity contribution in [2.24, 2.45) is 5.73 Å². The zero-order chi connectivity index (χ0) is 14.4. The van der Waals surface area contributed by atoms with Crippen LogP contribution in [0.25, 0.3) is 0 Å². The molecule has 3 N–H and O–H groups in total. The van der Waals surface area contributed by atoms with Crippen LogP contribution in [0.5, 0.6) is 11.5 Å². The Morgan fingerprint density at radius 2 is 1.75 bits per heavy atom. The van der Waals surface area contributed by atoms with Gasteiger partial charge >= 0.3 is 0 Å². The van der Waals surface area contributed by atoms with E-state index in [1.54, 1.807) is 0 Å². The van der Waals surface area contributed by atoms with Crippen molar-refractivity contribution in [2.45, 2.75) is 6.04 Å². The Balaban J connectivity index is 2.14. The topological polar surface area (TPSA) is 50.5 Å². The number of nitrogens with zero attached hydrogens (tertiary/aromatic N) is 1. The van der Waals surface area contributed by atoms with Gasteiger partial charge in [-0.15, -0.1) is 0 Å². The summed E-state index contributed by atoms with van der Waals surface area (Å²) in [4.78, 5) is 0. The summed E-state index contributed by atoms with van der Waals surface area (Å²) in [5, 5.41) is 1.91. The quantitative estimate of drug-likeness (QED) is 0.793. The minimum absolute atomic E-state index is 0.0734. The van der Waals surface area contributed by atoms with E-state index in [0.717, 1.165) is 17.1 Å². The normalized spacial score (nSPS) is 12.4. The van der Waals surface area contributed by atoms with Crippen molar-refractivity contribution >= 4 is 0 Å². The number of para-hydroxylation sites is 1. The Morgan fingerprint density at radius 1 is 1.05 bits per heavy atom. The molecule has 0 amide bonds. The molecule has 2 aromatic rings. The highest BCUT2D eigenvalue weighted by Crippen LogP contribution is 2.24. The van der Waals surface area contributed by atoms with Crippen molar-refractivity contribution in [2.75, 3.05) is 20.6 Å². The summed E-state index contributed by atoms with van der Waals surface area (Å²) in [6.45, 7) is 0.521. The smallest absolute Gasteiger partial charge is 0.127 e. The summed E-state index contributed by atoms with van der Waals surface area (Å²) < 4.78 is 5.84. The van der Waals surface area contributed by atoms with Crippen LogP contribution < -0.4 is 15.9 Å². The lowest BCUT2D eigenvalue weighted by atomic mass is 10.1. The molecule has 2 rings (SSSR count). The number of rotatable bonds is 6. The number of nitrogens with one attached hydrogen (secondary N) is 1. The molecule has 0 aromatic heterocycles. The number of benzene rings is 2. The standard InChI is InChI=1S/C16H21N3O/c1-19(2)18-16(12-17)13-7-6-10-15(11-13)20-14-8-4-3-5-9-14/h3-11,16,18H,12,17H2,1-2H3. The van der Waals surface area contributed by atoms with Crippen molar-refractivity contribution in [3.63, 3.8) is 0 Å².